The molecule has 0 bridgehead atoms. The molecule has 2 aliphatic heterocycles. The first kappa shape index (κ1) is 15.3. The van der Waals surface area contributed by atoms with Crippen LogP contribution in [0, 0.1) is 11.8 Å². The number of rotatable bonds is 5. The molecule has 0 aromatic carbocycles. The second-order valence-electron chi connectivity index (χ2n) is 6.30. The molecule has 0 saturated carbocycles. The maximum atomic E-state index is 12.2. The van der Waals surface area contributed by atoms with Crippen molar-refractivity contribution < 1.29 is 14.7 Å². The van der Waals surface area contributed by atoms with Crippen LogP contribution in [0.25, 0.3) is 0 Å². The van der Waals surface area contributed by atoms with Gasteiger partial charge in [-0.25, -0.2) is 0 Å². The lowest BCUT2D eigenvalue weighted by Gasteiger charge is -2.35. The van der Waals surface area contributed by atoms with Gasteiger partial charge < -0.3 is 10.0 Å². The van der Waals surface area contributed by atoms with E-state index in [0.29, 0.717) is 12.5 Å². The van der Waals surface area contributed by atoms with Gasteiger partial charge in [-0.15, -0.1) is 0 Å². The Labute approximate surface area is 120 Å². The van der Waals surface area contributed by atoms with E-state index in [1.54, 1.807) is 0 Å². The minimum absolute atomic E-state index is 0.192. The Kier molecular flexibility index (Phi) is 5.40. The van der Waals surface area contributed by atoms with Crippen LogP contribution in [0.2, 0.25) is 0 Å². The van der Waals surface area contributed by atoms with E-state index in [1.807, 2.05) is 11.8 Å². The predicted octanol–water partition coefficient (Wildman–Crippen LogP) is 1.43. The molecule has 2 unspecified atom stereocenters. The van der Waals surface area contributed by atoms with Crippen molar-refractivity contribution in [3.8, 4) is 0 Å². The topological polar surface area (TPSA) is 60.9 Å². The number of carbonyl (C=O) groups excluding carboxylic acids is 1. The fourth-order valence-electron chi connectivity index (χ4n) is 3.40. The number of carboxylic acids is 1. The van der Waals surface area contributed by atoms with E-state index in [4.69, 9.17) is 5.11 Å². The maximum Gasteiger partial charge on any atom is 0.303 e. The lowest BCUT2D eigenvalue weighted by Crippen LogP contribution is -2.44. The van der Waals surface area contributed by atoms with Crippen LogP contribution in [0.4, 0.5) is 0 Å². The number of nitrogens with zero attached hydrogens (tertiary/aromatic N) is 2. The third kappa shape index (κ3) is 4.20. The number of likely N-dealkylation sites (tertiary alicyclic amines) is 2. The fourth-order valence-corrected chi connectivity index (χ4v) is 3.40. The summed E-state index contributed by atoms with van der Waals surface area (Å²) in [6.07, 6.45) is 4.65. The third-order valence-corrected chi connectivity index (χ3v) is 4.66. The van der Waals surface area contributed by atoms with E-state index < -0.39 is 5.97 Å². The number of aliphatic carboxylic acids is 1. The summed E-state index contributed by atoms with van der Waals surface area (Å²) in [5.74, 6) is 0.125. The molecule has 2 heterocycles. The molecule has 0 aromatic rings. The minimum Gasteiger partial charge on any atom is -0.481 e. The molecule has 2 rings (SSSR count). The van der Waals surface area contributed by atoms with Crippen molar-refractivity contribution in [2.24, 2.45) is 11.8 Å². The summed E-state index contributed by atoms with van der Waals surface area (Å²) in [5.41, 5.74) is 0. The summed E-state index contributed by atoms with van der Waals surface area (Å²) in [6.45, 7) is 6.18. The van der Waals surface area contributed by atoms with Crippen LogP contribution in [0.1, 0.15) is 39.0 Å². The van der Waals surface area contributed by atoms with Crippen molar-refractivity contribution in [3.63, 3.8) is 0 Å². The van der Waals surface area contributed by atoms with Crippen molar-refractivity contribution in [2.45, 2.75) is 39.0 Å². The molecule has 0 radical (unpaired) electrons. The van der Waals surface area contributed by atoms with Gasteiger partial charge in [-0.1, -0.05) is 6.92 Å². The van der Waals surface area contributed by atoms with Gasteiger partial charge in [0, 0.05) is 26.1 Å². The normalized spacial score (nSPS) is 25.6. The fraction of sp³-hybridized carbons (Fsp3) is 0.867. The number of amides is 1. The zero-order valence-electron chi connectivity index (χ0n) is 12.4. The molecule has 2 fully saturated rings. The smallest absolute Gasteiger partial charge is 0.303 e. The van der Waals surface area contributed by atoms with Gasteiger partial charge >= 0.3 is 5.97 Å². The first-order valence-corrected chi connectivity index (χ1v) is 7.78. The Morgan fingerprint density at radius 2 is 1.90 bits per heavy atom. The highest BCUT2D eigenvalue weighted by Gasteiger charge is 2.28. The van der Waals surface area contributed by atoms with Gasteiger partial charge in [0.05, 0.1) is 6.54 Å². The summed E-state index contributed by atoms with van der Waals surface area (Å²) >= 11 is 0. The summed E-state index contributed by atoms with van der Waals surface area (Å²) < 4.78 is 0. The van der Waals surface area contributed by atoms with E-state index in [9.17, 15) is 9.59 Å². The van der Waals surface area contributed by atoms with Crippen molar-refractivity contribution in [1.29, 1.82) is 0 Å². The number of piperidine rings is 1. The largest absolute Gasteiger partial charge is 0.481 e. The number of hydrogen-bond donors (Lipinski definition) is 1. The number of carboxylic acid groups (broad SMARTS) is 1. The Bertz CT molecular complexity index is 353. The lowest BCUT2D eigenvalue weighted by molar-refractivity contribution is -0.139. The summed E-state index contributed by atoms with van der Waals surface area (Å²) in [5, 5.41) is 8.90. The standard InChI is InChI=1S/C15H26N2O3/c1-12(9-15(19)20)13-5-4-6-16(10-13)11-14(18)17-7-2-3-8-17/h12-13H,2-11H2,1H3,(H,19,20). The van der Waals surface area contributed by atoms with E-state index in [1.165, 1.54) is 0 Å². The van der Waals surface area contributed by atoms with E-state index in [-0.39, 0.29) is 18.2 Å². The molecular weight excluding hydrogens is 256 g/mol. The van der Waals surface area contributed by atoms with Gasteiger partial charge in [0.15, 0.2) is 0 Å². The molecule has 0 aromatic heterocycles. The quantitative estimate of drug-likeness (QED) is 0.828. The van der Waals surface area contributed by atoms with Crippen molar-refractivity contribution in [3.05, 3.63) is 0 Å². The van der Waals surface area contributed by atoms with Crippen LogP contribution >= 0.6 is 0 Å². The van der Waals surface area contributed by atoms with E-state index in [2.05, 4.69) is 4.90 Å². The first-order valence-electron chi connectivity index (χ1n) is 7.78. The van der Waals surface area contributed by atoms with Crippen LogP contribution < -0.4 is 0 Å². The molecule has 114 valence electrons. The second kappa shape index (κ2) is 7.07. The monoisotopic (exact) mass is 282 g/mol. The van der Waals surface area contributed by atoms with Gasteiger partial charge in [-0.2, -0.15) is 0 Å². The minimum atomic E-state index is -0.720. The molecule has 1 amide bonds. The highest BCUT2D eigenvalue weighted by Crippen LogP contribution is 2.26. The predicted molar refractivity (Wildman–Crippen MR) is 76.4 cm³/mol. The average molecular weight is 282 g/mol. The Morgan fingerprint density at radius 1 is 1.20 bits per heavy atom. The van der Waals surface area contributed by atoms with Crippen LogP contribution in [-0.4, -0.2) is 59.5 Å². The summed E-state index contributed by atoms with van der Waals surface area (Å²) in [4.78, 5) is 27.1. The summed E-state index contributed by atoms with van der Waals surface area (Å²) in [6, 6.07) is 0. The van der Waals surface area contributed by atoms with Gasteiger partial charge in [0.25, 0.3) is 0 Å². The summed E-state index contributed by atoms with van der Waals surface area (Å²) in [7, 11) is 0. The molecule has 2 atom stereocenters. The molecule has 5 heteroatoms. The Hall–Kier alpha value is -1.10. The molecule has 0 aliphatic carbocycles. The first-order chi connectivity index (χ1) is 9.56. The highest BCUT2D eigenvalue weighted by atomic mass is 16.4. The molecular formula is C15H26N2O3. The van der Waals surface area contributed by atoms with Crippen molar-refractivity contribution in [1.82, 2.24) is 9.80 Å². The Balaban J connectivity index is 1.80. The van der Waals surface area contributed by atoms with Crippen LogP contribution in [0.5, 0.6) is 0 Å². The maximum absolute atomic E-state index is 12.2. The zero-order chi connectivity index (χ0) is 14.5. The molecule has 0 spiro atoms. The highest BCUT2D eigenvalue weighted by molar-refractivity contribution is 5.78. The third-order valence-electron chi connectivity index (χ3n) is 4.66. The van der Waals surface area contributed by atoms with Gasteiger partial charge in [0.2, 0.25) is 5.91 Å². The Morgan fingerprint density at radius 3 is 2.55 bits per heavy atom. The van der Waals surface area contributed by atoms with Crippen molar-refractivity contribution in [2.75, 3.05) is 32.7 Å². The SMILES string of the molecule is CC(CC(=O)O)C1CCCN(CC(=O)N2CCCC2)C1. The molecule has 1 N–H and O–H groups in total. The van der Waals surface area contributed by atoms with Crippen molar-refractivity contribution >= 4 is 11.9 Å². The van der Waals surface area contributed by atoms with Gasteiger partial charge in [0.1, 0.15) is 0 Å². The van der Waals surface area contributed by atoms with Crippen LogP contribution in [0.15, 0.2) is 0 Å². The average Bonchev–Trinajstić information content (AvgIpc) is 2.92. The number of carbonyl (C=O) groups is 2. The van der Waals surface area contributed by atoms with E-state index >= 15 is 0 Å². The molecule has 2 aliphatic rings. The van der Waals surface area contributed by atoms with E-state index in [0.717, 1.165) is 51.9 Å². The molecule has 2 saturated heterocycles. The zero-order valence-corrected chi connectivity index (χ0v) is 12.4. The molecule has 5 nitrogen and oxygen atoms in total. The number of hydrogen-bond acceptors (Lipinski definition) is 3. The lowest BCUT2D eigenvalue weighted by atomic mass is 9.84. The molecule has 20 heavy (non-hydrogen) atoms. The van der Waals surface area contributed by atoms with Crippen LogP contribution in [-0.2, 0) is 9.59 Å². The van der Waals surface area contributed by atoms with Gasteiger partial charge in [-0.3, -0.25) is 14.5 Å². The van der Waals surface area contributed by atoms with Crippen LogP contribution in [0.3, 0.4) is 0 Å². The van der Waals surface area contributed by atoms with Gasteiger partial charge in [-0.05, 0) is 44.1 Å². The second-order valence-corrected chi connectivity index (χ2v) is 6.30.